The van der Waals surface area contributed by atoms with Crippen molar-refractivity contribution in [2.45, 2.75) is 26.3 Å². The third-order valence-electron chi connectivity index (χ3n) is 4.80. The van der Waals surface area contributed by atoms with Crippen molar-refractivity contribution in [3.63, 3.8) is 0 Å². The monoisotopic (exact) mass is 415 g/mol. The second-order valence-electron chi connectivity index (χ2n) is 7.12. The van der Waals surface area contributed by atoms with E-state index in [1.807, 2.05) is 37.3 Å². The number of nitrogens with one attached hydrogen (secondary N) is 3. The maximum Gasteiger partial charge on any atom is 0.255 e. The summed E-state index contributed by atoms with van der Waals surface area (Å²) in [6.45, 7) is 3.69. The van der Waals surface area contributed by atoms with Gasteiger partial charge in [0.05, 0.1) is 6.04 Å². The first kappa shape index (κ1) is 21.8. The Morgan fingerprint density at radius 2 is 1.26 bits per heavy atom. The molecule has 3 aromatic rings. The molecule has 3 aromatic carbocycles. The SMILES string of the molecule is CCC(=O)Nc1ccc(C(C)NC(=O)c2ccc(NC(=O)c3ccccc3)cc2)cc1. The van der Waals surface area contributed by atoms with Gasteiger partial charge in [0.25, 0.3) is 11.8 Å². The van der Waals surface area contributed by atoms with Crippen LogP contribution >= 0.6 is 0 Å². The summed E-state index contributed by atoms with van der Waals surface area (Å²) in [5.41, 5.74) is 3.33. The fraction of sp³-hybridized carbons (Fsp3) is 0.160. The average molecular weight is 415 g/mol. The lowest BCUT2D eigenvalue weighted by atomic mass is 10.1. The van der Waals surface area contributed by atoms with Gasteiger partial charge in [0.2, 0.25) is 5.91 Å². The summed E-state index contributed by atoms with van der Waals surface area (Å²) in [7, 11) is 0. The van der Waals surface area contributed by atoms with Crippen LogP contribution in [0, 0.1) is 0 Å². The smallest absolute Gasteiger partial charge is 0.255 e. The van der Waals surface area contributed by atoms with Crippen molar-refractivity contribution < 1.29 is 14.4 Å². The third kappa shape index (κ3) is 6.02. The van der Waals surface area contributed by atoms with Crippen molar-refractivity contribution in [3.05, 3.63) is 95.6 Å². The van der Waals surface area contributed by atoms with Crippen LogP contribution in [0.15, 0.2) is 78.9 Å². The zero-order valence-electron chi connectivity index (χ0n) is 17.5. The molecule has 3 rings (SSSR count). The lowest BCUT2D eigenvalue weighted by Gasteiger charge is -2.15. The fourth-order valence-electron chi connectivity index (χ4n) is 2.97. The molecular weight excluding hydrogens is 390 g/mol. The molecule has 0 radical (unpaired) electrons. The van der Waals surface area contributed by atoms with Crippen LogP contribution in [-0.2, 0) is 4.79 Å². The Balaban J connectivity index is 1.57. The maximum absolute atomic E-state index is 12.6. The van der Waals surface area contributed by atoms with Gasteiger partial charge in [-0.15, -0.1) is 0 Å². The van der Waals surface area contributed by atoms with Crippen molar-refractivity contribution in [1.29, 1.82) is 0 Å². The van der Waals surface area contributed by atoms with E-state index in [1.165, 1.54) is 0 Å². The summed E-state index contributed by atoms with van der Waals surface area (Å²) in [6.07, 6.45) is 0.420. The zero-order valence-corrected chi connectivity index (χ0v) is 17.5. The average Bonchev–Trinajstić information content (AvgIpc) is 2.80. The van der Waals surface area contributed by atoms with E-state index in [2.05, 4.69) is 16.0 Å². The number of benzene rings is 3. The molecule has 0 aliphatic carbocycles. The minimum absolute atomic E-state index is 0.0440. The van der Waals surface area contributed by atoms with Crippen molar-refractivity contribution >= 4 is 29.1 Å². The normalized spacial score (nSPS) is 11.3. The number of carbonyl (C=O) groups is 3. The van der Waals surface area contributed by atoms with Gasteiger partial charge in [-0.3, -0.25) is 14.4 Å². The molecule has 0 fully saturated rings. The number of carbonyl (C=O) groups excluding carboxylic acids is 3. The Bertz CT molecular complexity index is 1050. The predicted molar refractivity (Wildman–Crippen MR) is 122 cm³/mol. The lowest BCUT2D eigenvalue weighted by molar-refractivity contribution is -0.115. The third-order valence-corrected chi connectivity index (χ3v) is 4.80. The van der Waals surface area contributed by atoms with Crippen LogP contribution < -0.4 is 16.0 Å². The summed E-state index contributed by atoms with van der Waals surface area (Å²) in [6, 6.07) is 22.9. The van der Waals surface area contributed by atoms with Gasteiger partial charge in [0.15, 0.2) is 0 Å². The van der Waals surface area contributed by atoms with Crippen LogP contribution in [0.5, 0.6) is 0 Å². The van der Waals surface area contributed by atoms with E-state index < -0.39 is 0 Å². The highest BCUT2D eigenvalue weighted by Crippen LogP contribution is 2.18. The van der Waals surface area contributed by atoms with Crippen molar-refractivity contribution in [2.75, 3.05) is 10.6 Å². The molecule has 6 heteroatoms. The Kier molecular flexibility index (Phi) is 7.17. The molecule has 0 spiro atoms. The number of hydrogen-bond donors (Lipinski definition) is 3. The number of rotatable bonds is 7. The van der Waals surface area contributed by atoms with E-state index in [0.29, 0.717) is 23.2 Å². The lowest BCUT2D eigenvalue weighted by Crippen LogP contribution is -2.26. The van der Waals surface area contributed by atoms with Gasteiger partial charge < -0.3 is 16.0 Å². The molecule has 0 bridgehead atoms. The van der Waals surface area contributed by atoms with Crippen molar-refractivity contribution in [1.82, 2.24) is 5.32 Å². The minimum atomic E-state index is -0.211. The first-order valence-corrected chi connectivity index (χ1v) is 10.1. The standard InChI is InChI=1S/C25H25N3O3/c1-3-23(29)27-21-13-9-18(10-14-21)17(2)26-24(30)20-11-15-22(16-12-20)28-25(31)19-7-5-4-6-8-19/h4-17H,3H2,1-2H3,(H,26,30)(H,27,29)(H,28,31). The highest BCUT2D eigenvalue weighted by atomic mass is 16.2. The van der Waals surface area contributed by atoms with Gasteiger partial charge in [-0.05, 0) is 61.0 Å². The zero-order chi connectivity index (χ0) is 22.2. The topological polar surface area (TPSA) is 87.3 Å². The molecule has 1 unspecified atom stereocenters. The molecule has 0 saturated carbocycles. The molecule has 6 nitrogen and oxygen atoms in total. The Morgan fingerprint density at radius 3 is 1.87 bits per heavy atom. The van der Waals surface area contributed by atoms with Gasteiger partial charge in [-0.1, -0.05) is 37.3 Å². The first-order valence-electron chi connectivity index (χ1n) is 10.1. The quantitative estimate of drug-likeness (QED) is 0.519. The summed E-state index contributed by atoms with van der Waals surface area (Å²) >= 11 is 0. The van der Waals surface area contributed by atoms with Crippen LogP contribution in [0.2, 0.25) is 0 Å². The van der Waals surface area contributed by atoms with E-state index in [-0.39, 0.29) is 23.8 Å². The molecule has 3 amide bonds. The van der Waals surface area contributed by atoms with Gasteiger partial charge in [-0.25, -0.2) is 0 Å². The van der Waals surface area contributed by atoms with Crippen LogP contribution in [-0.4, -0.2) is 17.7 Å². The second-order valence-corrected chi connectivity index (χ2v) is 7.12. The molecule has 0 aliphatic heterocycles. The fourth-order valence-corrected chi connectivity index (χ4v) is 2.97. The molecule has 158 valence electrons. The van der Waals surface area contributed by atoms with E-state index in [9.17, 15) is 14.4 Å². The molecule has 0 heterocycles. The molecule has 31 heavy (non-hydrogen) atoms. The Hall–Kier alpha value is -3.93. The Labute approximate surface area is 181 Å². The van der Waals surface area contributed by atoms with Crippen LogP contribution in [0.3, 0.4) is 0 Å². The largest absolute Gasteiger partial charge is 0.346 e. The first-order chi connectivity index (χ1) is 15.0. The van der Waals surface area contributed by atoms with E-state index in [0.717, 1.165) is 11.3 Å². The second kappa shape index (κ2) is 10.2. The molecule has 0 aliphatic rings. The van der Waals surface area contributed by atoms with E-state index in [1.54, 1.807) is 55.5 Å². The highest BCUT2D eigenvalue weighted by molar-refractivity contribution is 6.04. The van der Waals surface area contributed by atoms with Crippen LogP contribution in [0.1, 0.15) is 52.6 Å². The summed E-state index contributed by atoms with van der Waals surface area (Å²) < 4.78 is 0. The van der Waals surface area contributed by atoms with E-state index >= 15 is 0 Å². The number of amides is 3. The van der Waals surface area contributed by atoms with Crippen molar-refractivity contribution in [3.8, 4) is 0 Å². The summed E-state index contributed by atoms with van der Waals surface area (Å²) in [4.78, 5) is 36.3. The molecule has 0 aromatic heterocycles. The number of hydrogen-bond acceptors (Lipinski definition) is 3. The minimum Gasteiger partial charge on any atom is -0.346 e. The van der Waals surface area contributed by atoms with Gasteiger partial charge in [-0.2, -0.15) is 0 Å². The van der Waals surface area contributed by atoms with Gasteiger partial charge in [0.1, 0.15) is 0 Å². The van der Waals surface area contributed by atoms with Gasteiger partial charge in [0, 0.05) is 28.9 Å². The van der Waals surface area contributed by atoms with Gasteiger partial charge >= 0.3 is 0 Å². The number of anilines is 2. The molecule has 1 atom stereocenters. The maximum atomic E-state index is 12.6. The predicted octanol–water partition coefficient (Wildman–Crippen LogP) is 4.78. The van der Waals surface area contributed by atoms with Crippen LogP contribution in [0.25, 0.3) is 0 Å². The molecular formula is C25H25N3O3. The van der Waals surface area contributed by atoms with E-state index in [4.69, 9.17) is 0 Å². The Morgan fingerprint density at radius 1 is 0.710 bits per heavy atom. The van der Waals surface area contributed by atoms with Crippen molar-refractivity contribution in [2.24, 2.45) is 0 Å². The summed E-state index contributed by atoms with van der Waals surface area (Å²) in [5.74, 6) is -0.459. The molecule has 3 N–H and O–H groups in total. The van der Waals surface area contributed by atoms with Crippen LogP contribution in [0.4, 0.5) is 11.4 Å². The summed E-state index contributed by atoms with van der Waals surface area (Å²) in [5, 5.41) is 8.57. The highest BCUT2D eigenvalue weighted by Gasteiger charge is 2.12. The molecule has 0 saturated heterocycles.